The normalized spacial score (nSPS) is 11.9. The van der Waals surface area contributed by atoms with Crippen molar-refractivity contribution in [2.45, 2.75) is 0 Å². The van der Waals surface area contributed by atoms with E-state index < -0.39 is 5.82 Å². The molecule has 0 aliphatic heterocycles. The van der Waals surface area contributed by atoms with Crippen molar-refractivity contribution in [2.24, 2.45) is 0 Å². The van der Waals surface area contributed by atoms with Gasteiger partial charge in [0.05, 0.1) is 15.6 Å². The smallest absolute Gasteiger partial charge is 0.133 e. The number of benzene rings is 1. The largest absolute Gasteiger partial charge is 0.206 e. The SMILES string of the molecule is N#CC(=C(Cl)c1c(F)cccc1Cl)c1cccs1. The van der Waals surface area contributed by atoms with E-state index in [9.17, 15) is 4.39 Å². The highest BCUT2D eigenvalue weighted by Crippen LogP contribution is 2.36. The fourth-order valence-electron chi connectivity index (χ4n) is 1.47. The zero-order chi connectivity index (χ0) is 13.1. The number of thiophene rings is 1. The highest BCUT2D eigenvalue weighted by molar-refractivity contribution is 7.11. The second-order valence-electron chi connectivity index (χ2n) is 3.37. The molecule has 0 atom stereocenters. The van der Waals surface area contributed by atoms with Gasteiger partial charge in [-0.1, -0.05) is 35.3 Å². The number of rotatable bonds is 2. The number of allylic oxidation sites excluding steroid dienone is 1. The van der Waals surface area contributed by atoms with Crippen molar-refractivity contribution in [1.29, 1.82) is 5.26 Å². The number of halogens is 3. The van der Waals surface area contributed by atoms with Crippen molar-refractivity contribution < 1.29 is 4.39 Å². The first kappa shape index (κ1) is 13.1. The second-order valence-corrected chi connectivity index (χ2v) is 5.11. The van der Waals surface area contributed by atoms with Crippen molar-refractivity contribution in [2.75, 3.05) is 0 Å². The maximum absolute atomic E-state index is 13.7. The Morgan fingerprint density at radius 1 is 1.28 bits per heavy atom. The van der Waals surface area contributed by atoms with Crippen LogP contribution in [0.2, 0.25) is 5.02 Å². The van der Waals surface area contributed by atoms with Crippen LogP contribution in [0.3, 0.4) is 0 Å². The molecule has 2 aromatic rings. The van der Waals surface area contributed by atoms with E-state index in [4.69, 9.17) is 28.5 Å². The first-order chi connectivity index (χ1) is 8.65. The molecule has 0 bridgehead atoms. The Labute approximate surface area is 118 Å². The maximum atomic E-state index is 13.7. The molecule has 90 valence electrons. The topological polar surface area (TPSA) is 23.8 Å². The maximum Gasteiger partial charge on any atom is 0.133 e. The lowest BCUT2D eigenvalue weighted by atomic mass is 10.1. The molecular weight excluding hydrogens is 292 g/mol. The summed E-state index contributed by atoms with van der Waals surface area (Å²) in [5.74, 6) is -0.545. The molecule has 0 saturated carbocycles. The van der Waals surface area contributed by atoms with Crippen molar-refractivity contribution in [3.63, 3.8) is 0 Å². The molecule has 18 heavy (non-hydrogen) atoms. The fraction of sp³-hybridized carbons (Fsp3) is 0. The van der Waals surface area contributed by atoms with Crippen LogP contribution < -0.4 is 0 Å². The predicted molar refractivity (Wildman–Crippen MR) is 74.0 cm³/mol. The highest BCUT2D eigenvalue weighted by Gasteiger charge is 2.16. The summed E-state index contributed by atoms with van der Waals surface area (Å²) in [5.41, 5.74) is 0.282. The Bertz CT molecular complexity index is 621. The van der Waals surface area contributed by atoms with Gasteiger partial charge in [0.1, 0.15) is 11.9 Å². The summed E-state index contributed by atoms with van der Waals surface area (Å²) in [6, 6.07) is 9.82. The Morgan fingerprint density at radius 3 is 2.61 bits per heavy atom. The molecule has 0 aliphatic rings. The monoisotopic (exact) mass is 297 g/mol. The van der Waals surface area contributed by atoms with Crippen molar-refractivity contribution in [3.05, 3.63) is 57.0 Å². The molecule has 1 aromatic carbocycles. The number of nitriles is 1. The first-order valence-electron chi connectivity index (χ1n) is 4.93. The first-order valence-corrected chi connectivity index (χ1v) is 6.57. The fourth-order valence-corrected chi connectivity index (χ4v) is 2.89. The van der Waals surface area contributed by atoms with Crippen LogP contribution in [0.25, 0.3) is 10.6 Å². The summed E-state index contributed by atoms with van der Waals surface area (Å²) in [4.78, 5) is 0.682. The number of nitrogens with zero attached hydrogens (tertiary/aromatic N) is 1. The second kappa shape index (κ2) is 5.53. The van der Waals surface area contributed by atoms with Crippen LogP contribution in [0.1, 0.15) is 10.4 Å². The van der Waals surface area contributed by atoms with Gasteiger partial charge in [0.2, 0.25) is 0 Å². The minimum absolute atomic E-state index is 0.0306. The molecule has 0 N–H and O–H groups in total. The molecule has 0 unspecified atom stereocenters. The van der Waals surface area contributed by atoms with E-state index in [1.165, 1.54) is 29.5 Å². The molecule has 2 rings (SSSR count). The minimum Gasteiger partial charge on any atom is -0.206 e. The number of hydrogen-bond donors (Lipinski definition) is 0. The molecule has 0 aliphatic carbocycles. The van der Waals surface area contributed by atoms with Crippen LogP contribution in [-0.2, 0) is 0 Å². The quantitative estimate of drug-likeness (QED) is 0.701. The van der Waals surface area contributed by atoms with Crippen LogP contribution in [0, 0.1) is 17.1 Å². The summed E-state index contributed by atoms with van der Waals surface area (Å²) in [6.45, 7) is 0. The Morgan fingerprint density at radius 2 is 2.06 bits per heavy atom. The van der Waals surface area contributed by atoms with E-state index >= 15 is 0 Å². The zero-order valence-corrected chi connectivity index (χ0v) is 11.3. The van der Waals surface area contributed by atoms with E-state index in [-0.39, 0.29) is 21.2 Å². The highest BCUT2D eigenvalue weighted by atomic mass is 35.5. The van der Waals surface area contributed by atoms with Gasteiger partial charge >= 0.3 is 0 Å². The lowest BCUT2D eigenvalue weighted by Crippen LogP contribution is -1.90. The van der Waals surface area contributed by atoms with Crippen LogP contribution in [0.4, 0.5) is 4.39 Å². The van der Waals surface area contributed by atoms with Gasteiger partial charge < -0.3 is 0 Å². The standard InChI is InChI=1S/C13H6Cl2FNS/c14-9-3-1-4-10(16)12(9)13(15)8(7-17)11-5-2-6-18-11/h1-6H. The molecular formula is C13H6Cl2FNS. The summed E-state index contributed by atoms with van der Waals surface area (Å²) in [7, 11) is 0. The summed E-state index contributed by atoms with van der Waals surface area (Å²) in [5, 5.41) is 11.2. The Hall–Kier alpha value is -1.34. The molecule has 0 spiro atoms. The van der Waals surface area contributed by atoms with Gasteiger partial charge in [-0.3, -0.25) is 0 Å². The molecule has 0 amide bonds. The summed E-state index contributed by atoms with van der Waals surface area (Å²) in [6.07, 6.45) is 0. The third-order valence-electron chi connectivity index (χ3n) is 2.28. The lowest BCUT2D eigenvalue weighted by Gasteiger charge is -2.06. The van der Waals surface area contributed by atoms with Gasteiger partial charge in [-0.25, -0.2) is 4.39 Å². The molecule has 0 radical (unpaired) electrons. The third-order valence-corrected chi connectivity index (χ3v) is 3.86. The van der Waals surface area contributed by atoms with Gasteiger partial charge in [0.25, 0.3) is 0 Å². The van der Waals surface area contributed by atoms with E-state index in [1.807, 2.05) is 11.4 Å². The van der Waals surface area contributed by atoms with Crippen molar-refractivity contribution in [1.82, 2.24) is 0 Å². The van der Waals surface area contributed by atoms with Crippen LogP contribution >= 0.6 is 34.5 Å². The van der Waals surface area contributed by atoms with Crippen LogP contribution in [-0.4, -0.2) is 0 Å². The predicted octanol–water partition coefficient (Wildman–Crippen LogP) is 5.17. The Balaban J connectivity index is 2.66. The number of hydrogen-bond acceptors (Lipinski definition) is 2. The molecule has 0 saturated heterocycles. The van der Waals surface area contributed by atoms with Crippen molar-refractivity contribution >= 4 is 45.1 Å². The van der Waals surface area contributed by atoms with Gasteiger partial charge in [-0.05, 0) is 23.6 Å². The minimum atomic E-state index is -0.545. The van der Waals surface area contributed by atoms with Gasteiger partial charge in [0.15, 0.2) is 0 Å². The summed E-state index contributed by atoms with van der Waals surface area (Å²) < 4.78 is 13.7. The lowest BCUT2D eigenvalue weighted by molar-refractivity contribution is 0.625. The van der Waals surface area contributed by atoms with Gasteiger partial charge in [-0.15, -0.1) is 11.3 Å². The average Bonchev–Trinajstić information content (AvgIpc) is 2.83. The van der Waals surface area contributed by atoms with Crippen LogP contribution in [0.5, 0.6) is 0 Å². The van der Waals surface area contributed by atoms with E-state index in [0.717, 1.165) is 0 Å². The van der Waals surface area contributed by atoms with Gasteiger partial charge in [0, 0.05) is 10.4 Å². The van der Waals surface area contributed by atoms with Crippen LogP contribution in [0.15, 0.2) is 35.7 Å². The zero-order valence-electron chi connectivity index (χ0n) is 8.95. The Kier molecular flexibility index (Phi) is 4.03. The molecule has 1 aromatic heterocycles. The molecule has 1 heterocycles. The van der Waals surface area contributed by atoms with E-state index in [1.54, 1.807) is 12.1 Å². The summed E-state index contributed by atoms with van der Waals surface area (Å²) >= 11 is 13.4. The van der Waals surface area contributed by atoms with Crippen molar-refractivity contribution in [3.8, 4) is 6.07 Å². The molecule has 1 nitrogen and oxygen atoms in total. The molecule has 0 fully saturated rings. The van der Waals surface area contributed by atoms with Gasteiger partial charge in [-0.2, -0.15) is 5.26 Å². The average molecular weight is 298 g/mol. The van der Waals surface area contributed by atoms with E-state index in [2.05, 4.69) is 0 Å². The molecule has 5 heteroatoms. The third kappa shape index (κ3) is 2.41. The van der Waals surface area contributed by atoms with E-state index in [0.29, 0.717) is 4.88 Å².